The van der Waals surface area contributed by atoms with Crippen LogP contribution >= 0.6 is 15.9 Å². The van der Waals surface area contributed by atoms with Gasteiger partial charge in [-0.3, -0.25) is 4.79 Å². The third-order valence-corrected chi connectivity index (χ3v) is 2.50. The molecule has 0 aromatic heterocycles. The first-order valence-corrected chi connectivity index (χ1v) is 5.67. The third-order valence-electron chi connectivity index (χ3n) is 1.89. The van der Waals surface area contributed by atoms with Crippen molar-refractivity contribution >= 4 is 27.9 Å². The number of rotatable bonds is 3. The first-order valence-electron chi connectivity index (χ1n) is 4.54. The lowest BCUT2D eigenvalue weighted by Crippen LogP contribution is -2.10. The lowest BCUT2D eigenvalue weighted by Gasteiger charge is -2.10. The molecule has 1 rings (SSSR count). The second-order valence-electron chi connectivity index (χ2n) is 3.01. The summed E-state index contributed by atoms with van der Waals surface area (Å²) in [4.78, 5) is 22.4. The van der Waals surface area contributed by atoms with Crippen LogP contribution in [-0.4, -0.2) is 19.0 Å². The zero-order chi connectivity index (χ0) is 12.1. The quantitative estimate of drug-likeness (QED) is 0.486. The molecule has 0 aliphatic heterocycles. The maximum atomic E-state index is 11.5. The molecule has 0 saturated carbocycles. The van der Waals surface area contributed by atoms with Gasteiger partial charge in [0.1, 0.15) is 11.3 Å². The average Bonchev–Trinajstić information content (AvgIpc) is 2.27. The maximum absolute atomic E-state index is 11.5. The molecule has 0 fully saturated rings. The fourth-order valence-corrected chi connectivity index (χ4v) is 1.67. The van der Waals surface area contributed by atoms with E-state index < -0.39 is 11.9 Å². The second kappa shape index (κ2) is 5.65. The van der Waals surface area contributed by atoms with Crippen LogP contribution in [0.3, 0.4) is 0 Å². The van der Waals surface area contributed by atoms with E-state index in [-0.39, 0.29) is 11.3 Å². The van der Waals surface area contributed by atoms with E-state index in [1.807, 2.05) is 0 Å². The molecule has 5 heteroatoms. The van der Waals surface area contributed by atoms with Gasteiger partial charge in [0.25, 0.3) is 0 Å². The molecule has 0 radical (unpaired) electrons. The van der Waals surface area contributed by atoms with Crippen LogP contribution in [0.2, 0.25) is 0 Å². The Morgan fingerprint density at radius 2 is 2.06 bits per heavy atom. The van der Waals surface area contributed by atoms with Crippen molar-refractivity contribution in [1.82, 2.24) is 0 Å². The molecule has 86 valence electrons. The Morgan fingerprint density at radius 3 is 2.56 bits per heavy atom. The highest BCUT2D eigenvalue weighted by Gasteiger charge is 2.17. The number of carbonyl (C=O) groups is 2. The molecule has 1 aromatic rings. The van der Waals surface area contributed by atoms with Crippen LogP contribution in [0.4, 0.5) is 0 Å². The summed E-state index contributed by atoms with van der Waals surface area (Å²) >= 11 is 3.26. The topological polar surface area (TPSA) is 52.6 Å². The molecule has 0 amide bonds. The van der Waals surface area contributed by atoms with E-state index in [4.69, 9.17) is 4.74 Å². The maximum Gasteiger partial charge on any atom is 0.341 e. The molecule has 0 saturated heterocycles. The van der Waals surface area contributed by atoms with E-state index >= 15 is 0 Å². The average molecular weight is 287 g/mol. The predicted octanol–water partition coefficient (Wildman–Crippen LogP) is 2.29. The highest BCUT2D eigenvalue weighted by atomic mass is 79.9. The Balaban J connectivity index is 3.25. The highest BCUT2D eigenvalue weighted by Crippen LogP contribution is 2.26. The lowest BCUT2D eigenvalue weighted by atomic mass is 10.1. The Hall–Kier alpha value is -1.36. The van der Waals surface area contributed by atoms with Gasteiger partial charge in [0.05, 0.1) is 7.11 Å². The minimum Gasteiger partial charge on any atom is -0.465 e. The predicted molar refractivity (Wildman–Crippen MR) is 61.7 cm³/mol. The van der Waals surface area contributed by atoms with Gasteiger partial charge < -0.3 is 9.47 Å². The molecule has 0 heterocycles. The smallest absolute Gasteiger partial charge is 0.341 e. The van der Waals surface area contributed by atoms with Gasteiger partial charge in [0, 0.05) is 17.8 Å². The third kappa shape index (κ3) is 2.82. The van der Waals surface area contributed by atoms with Crippen LogP contribution < -0.4 is 4.74 Å². The van der Waals surface area contributed by atoms with Gasteiger partial charge in [-0.15, -0.1) is 0 Å². The van der Waals surface area contributed by atoms with E-state index in [2.05, 4.69) is 20.7 Å². The van der Waals surface area contributed by atoms with Crippen molar-refractivity contribution in [3.63, 3.8) is 0 Å². The summed E-state index contributed by atoms with van der Waals surface area (Å²) in [5.74, 6) is -0.753. The van der Waals surface area contributed by atoms with Crippen LogP contribution in [0, 0.1) is 0 Å². The first kappa shape index (κ1) is 12.7. The van der Waals surface area contributed by atoms with Crippen molar-refractivity contribution in [3.05, 3.63) is 29.3 Å². The number of para-hydroxylation sites is 1. The molecular formula is C11H11BrO4. The van der Waals surface area contributed by atoms with Gasteiger partial charge in [-0.25, -0.2) is 4.79 Å². The summed E-state index contributed by atoms with van der Waals surface area (Å²) in [6.45, 7) is 1.28. The number of alkyl halides is 1. The SMILES string of the molecule is COC(=O)c1cccc(CBr)c1OC(C)=O. The van der Waals surface area contributed by atoms with Crippen molar-refractivity contribution in [2.75, 3.05) is 7.11 Å². The van der Waals surface area contributed by atoms with Crippen molar-refractivity contribution in [3.8, 4) is 5.75 Å². The fourth-order valence-electron chi connectivity index (χ4n) is 1.23. The molecular weight excluding hydrogens is 276 g/mol. The number of esters is 2. The van der Waals surface area contributed by atoms with Gasteiger partial charge in [-0.1, -0.05) is 28.1 Å². The Morgan fingerprint density at radius 1 is 1.38 bits per heavy atom. The van der Waals surface area contributed by atoms with Crippen molar-refractivity contribution < 1.29 is 19.1 Å². The zero-order valence-electron chi connectivity index (χ0n) is 8.95. The molecule has 16 heavy (non-hydrogen) atoms. The number of ether oxygens (including phenoxy) is 2. The number of benzene rings is 1. The van der Waals surface area contributed by atoms with Gasteiger partial charge in [0.15, 0.2) is 0 Å². The van der Waals surface area contributed by atoms with Crippen LogP contribution in [0.1, 0.15) is 22.8 Å². The highest BCUT2D eigenvalue weighted by molar-refractivity contribution is 9.08. The molecule has 4 nitrogen and oxygen atoms in total. The van der Waals surface area contributed by atoms with E-state index in [9.17, 15) is 9.59 Å². The van der Waals surface area contributed by atoms with E-state index in [1.165, 1.54) is 14.0 Å². The van der Waals surface area contributed by atoms with Gasteiger partial charge in [0.2, 0.25) is 0 Å². The van der Waals surface area contributed by atoms with E-state index in [0.717, 1.165) is 5.56 Å². The molecule has 0 N–H and O–H groups in total. The van der Waals surface area contributed by atoms with Gasteiger partial charge in [-0.2, -0.15) is 0 Å². The molecule has 0 bridgehead atoms. The summed E-state index contributed by atoms with van der Waals surface area (Å²) < 4.78 is 9.63. The monoisotopic (exact) mass is 286 g/mol. The Labute approximate surface area is 102 Å². The number of methoxy groups -OCH3 is 1. The van der Waals surface area contributed by atoms with Gasteiger partial charge in [-0.05, 0) is 6.07 Å². The standard InChI is InChI=1S/C11H11BrO4/c1-7(13)16-10-8(6-12)4-3-5-9(10)11(14)15-2/h3-5H,6H2,1-2H3. The molecule has 0 unspecified atom stereocenters. The molecule has 1 aromatic carbocycles. The normalized spacial score (nSPS) is 9.69. The Bertz CT molecular complexity index is 414. The number of halogens is 1. The van der Waals surface area contributed by atoms with Crippen molar-refractivity contribution in [2.45, 2.75) is 12.3 Å². The summed E-state index contributed by atoms with van der Waals surface area (Å²) in [7, 11) is 1.28. The molecule has 0 aliphatic carbocycles. The van der Waals surface area contributed by atoms with E-state index in [1.54, 1.807) is 18.2 Å². The first-order chi connectivity index (χ1) is 7.60. The van der Waals surface area contributed by atoms with Crippen molar-refractivity contribution in [1.29, 1.82) is 0 Å². The minimum absolute atomic E-state index is 0.245. The summed E-state index contributed by atoms with van der Waals surface area (Å²) in [6.07, 6.45) is 0. The van der Waals surface area contributed by atoms with Crippen LogP contribution in [0.25, 0.3) is 0 Å². The molecule has 0 aliphatic rings. The summed E-state index contributed by atoms with van der Waals surface area (Å²) in [5.41, 5.74) is 0.966. The second-order valence-corrected chi connectivity index (χ2v) is 3.57. The molecule has 0 spiro atoms. The van der Waals surface area contributed by atoms with Gasteiger partial charge >= 0.3 is 11.9 Å². The summed E-state index contributed by atoms with van der Waals surface area (Å²) in [6, 6.07) is 5.02. The zero-order valence-corrected chi connectivity index (χ0v) is 10.5. The number of hydrogen-bond donors (Lipinski definition) is 0. The van der Waals surface area contributed by atoms with Crippen LogP contribution in [0.15, 0.2) is 18.2 Å². The Kier molecular flexibility index (Phi) is 4.49. The summed E-state index contributed by atoms with van der Waals surface area (Å²) in [5, 5.41) is 0.487. The van der Waals surface area contributed by atoms with Crippen LogP contribution in [-0.2, 0) is 14.9 Å². The lowest BCUT2D eigenvalue weighted by molar-refractivity contribution is -0.131. The number of hydrogen-bond acceptors (Lipinski definition) is 4. The van der Waals surface area contributed by atoms with E-state index in [0.29, 0.717) is 5.33 Å². The fraction of sp³-hybridized carbons (Fsp3) is 0.273. The molecule has 0 atom stereocenters. The van der Waals surface area contributed by atoms with Crippen LogP contribution in [0.5, 0.6) is 5.75 Å². The minimum atomic E-state index is -0.529. The largest absolute Gasteiger partial charge is 0.465 e. The number of carbonyl (C=O) groups excluding carboxylic acids is 2. The van der Waals surface area contributed by atoms with Crippen molar-refractivity contribution in [2.24, 2.45) is 0 Å².